The minimum absolute atomic E-state index is 0.0807. The van der Waals surface area contributed by atoms with Gasteiger partial charge in [0.05, 0.1) is 11.9 Å². The Morgan fingerprint density at radius 3 is 2.56 bits per heavy atom. The van der Waals surface area contributed by atoms with Gasteiger partial charge in [-0.1, -0.05) is 0 Å². The molecule has 0 radical (unpaired) electrons. The SMILES string of the molecule is CN1CCN(c2cc(N)c(OC(F)F)cn2)CC1. The molecule has 0 amide bonds. The zero-order chi connectivity index (χ0) is 13.1. The maximum atomic E-state index is 12.1. The smallest absolute Gasteiger partial charge is 0.387 e. The number of nitrogens with zero attached hydrogens (tertiary/aromatic N) is 3. The summed E-state index contributed by atoms with van der Waals surface area (Å²) in [6.45, 7) is 0.688. The molecule has 0 atom stereocenters. The molecular formula is C11H16F2N4O. The fraction of sp³-hybridized carbons (Fsp3) is 0.545. The van der Waals surface area contributed by atoms with E-state index in [4.69, 9.17) is 5.73 Å². The van der Waals surface area contributed by atoms with Gasteiger partial charge in [0.1, 0.15) is 5.82 Å². The monoisotopic (exact) mass is 258 g/mol. The van der Waals surface area contributed by atoms with Crippen molar-refractivity contribution in [3.63, 3.8) is 0 Å². The van der Waals surface area contributed by atoms with Crippen molar-refractivity contribution in [3.8, 4) is 5.75 Å². The number of hydrogen-bond donors (Lipinski definition) is 1. The van der Waals surface area contributed by atoms with Crippen LogP contribution in [-0.2, 0) is 0 Å². The van der Waals surface area contributed by atoms with Crippen molar-refractivity contribution in [2.24, 2.45) is 0 Å². The van der Waals surface area contributed by atoms with E-state index in [0.29, 0.717) is 5.82 Å². The number of anilines is 2. The van der Waals surface area contributed by atoms with Crippen LogP contribution < -0.4 is 15.4 Å². The highest BCUT2D eigenvalue weighted by Gasteiger charge is 2.17. The van der Waals surface area contributed by atoms with Gasteiger partial charge in [0.25, 0.3) is 0 Å². The molecule has 18 heavy (non-hydrogen) atoms. The van der Waals surface area contributed by atoms with Gasteiger partial charge in [-0.05, 0) is 7.05 Å². The van der Waals surface area contributed by atoms with Crippen molar-refractivity contribution in [1.29, 1.82) is 0 Å². The maximum Gasteiger partial charge on any atom is 0.387 e. The normalized spacial score (nSPS) is 17.2. The first-order valence-corrected chi connectivity index (χ1v) is 5.70. The number of piperazine rings is 1. The Morgan fingerprint density at radius 2 is 2.00 bits per heavy atom. The standard InChI is InChI=1S/C11H16F2N4O/c1-16-2-4-17(5-3-16)10-6-8(14)9(7-15-10)18-11(12)13/h6-7,11H,2-5H2,1H3,(H2,14,15). The van der Waals surface area contributed by atoms with E-state index < -0.39 is 6.61 Å². The van der Waals surface area contributed by atoms with Gasteiger partial charge in [0.2, 0.25) is 0 Å². The molecule has 0 aliphatic carbocycles. The van der Waals surface area contributed by atoms with Crippen LogP contribution in [0.3, 0.4) is 0 Å². The van der Waals surface area contributed by atoms with Crippen LogP contribution in [0, 0.1) is 0 Å². The highest BCUT2D eigenvalue weighted by atomic mass is 19.3. The summed E-state index contributed by atoms with van der Waals surface area (Å²) in [7, 11) is 2.05. The number of rotatable bonds is 3. The molecule has 100 valence electrons. The second-order valence-corrected chi connectivity index (χ2v) is 4.25. The van der Waals surface area contributed by atoms with E-state index in [0.717, 1.165) is 26.2 Å². The molecule has 0 bridgehead atoms. The van der Waals surface area contributed by atoms with Gasteiger partial charge in [-0.15, -0.1) is 0 Å². The molecule has 0 spiro atoms. The number of likely N-dealkylation sites (N-methyl/N-ethyl adjacent to an activating group) is 1. The Labute approximate surface area is 104 Å². The average molecular weight is 258 g/mol. The van der Waals surface area contributed by atoms with E-state index in [9.17, 15) is 8.78 Å². The van der Waals surface area contributed by atoms with Gasteiger partial charge in [-0.25, -0.2) is 4.98 Å². The summed E-state index contributed by atoms with van der Waals surface area (Å²) >= 11 is 0. The van der Waals surface area contributed by atoms with Crippen molar-refractivity contribution in [2.75, 3.05) is 43.9 Å². The number of alkyl halides is 2. The molecule has 2 rings (SSSR count). The minimum Gasteiger partial charge on any atom is -0.431 e. The number of ether oxygens (including phenoxy) is 1. The fourth-order valence-electron chi connectivity index (χ4n) is 1.85. The van der Waals surface area contributed by atoms with Crippen LogP contribution in [0.25, 0.3) is 0 Å². The van der Waals surface area contributed by atoms with E-state index in [-0.39, 0.29) is 11.4 Å². The maximum absolute atomic E-state index is 12.1. The number of nitrogens with two attached hydrogens (primary N) is 1. The highest BCUT2D eigenvalue weighted by Crippen LogP contribution is 2.26. The van der Waals surface area contributed by atoms with Crippen LogP contribution in [0.2, 0.25) is 0 Å². The minimum atomic E-state index is -2.89. The molecule has 1 aromatic rings. The summed E-state index contributed by atoms with van der Waals surface area (Å²) in [5.74, 6) is 0.616. The zero-order valence-corrected chi connectivity index (χ0v) is 10.1. The molecule has 0 unspecified atom stereocenters. The lowest BCUT2D eigenvalue weighted by atomic mass is 10.3. The van der Waals surface area contributed by atoms with E-state index in [1.54, 1.807) is 6.07 Å². The van der Waals surface area contributed by atoms with Crippen molar-refractivity contribution in [3.05, 3.63) is 12.3 Å². The number of pyridine rings is 1. The third-order valence-electron chi connectivity index (χ3n) is 2.93. The summed E-state index contributed by atoms with van der Waals surface area (Å²) in [6.07, 6.45) is 1.25. The topological polar surface area (TPSA) is 54.6 Å². The van der Waals surface area contributed by atoms with Gasteiger partial charge in [-0.3, -0.25) is 0 Å². The van der Waals surface area contributed by atoms with Gasteiger partial charge in [0.15, 0.2) is 5.75 Å². The number of aromatic nitrogens is 1. The molecule has 2 N–H and O–H groups in total. The molecule has 0 aromatic carbocycles. The van der Waals surface area contributed by atoms with Crippen LogP contribution in [0.5, 0.6) is 5.75 Å². The molecule has 1 aliphatic rings. The Bertz CT molecular complexity index is 408. The lowest BCUT2D eigenvalue weighted by Crippen LogP contribution is -2.44. The first kappa shape index (κ1) is 12.8. The third-order valence-corrected chi connectivity index (χ3v) is 2.93. The zero-order valence-electron chi connectivity index (χ0n) is 10.1. The van der Waals surface area contributed by atoms with Crippen LogP contribution in [-0.4, -0.2) is 49.7 Å². The molecular weight excluding hydrogens is 242 g/mol. The van der Waals surface area contributed by atoms with Crippen molar-refractivity contribution >= 4 is 11.5 Å². The van der Waals surface area contributed by atoms with Gasteiger partial charge < -0.3 is 20.3 Å². The Morgan fingerprint density at radius 1 is 1.33 bits per heavy atom. The molecule has 1 aromatic heterocycles. The lowest BCUT2D eigenvalue weighted by Gasteiger charge is -2.33. The van der Waals surface area contributed by atoms with E-state index >= 15 is 0 Å². The number of nitrogen functional groups attached to an aromatic ring is 1. The largest absolute Gasteiger partial charge is 0.431 e. The molecule has 1 fully saturated rings. The predicted octanol–water partition coefficient (Wildman–Crippen LogP) is 1.02. The molecule has 1 aliphatic heterocycles. The Balaban J connectivity index is 2.08. The summed E-state index contributed by atoms with van der Waals surface area (Å²) < 4.78 is 28.4. The van der Waals surface area contributed by atoms with E-state index in [2.05, 4.69) is 26.6 Å². The predicted molar refractivity (Wildman–Crippen MR) is 65.0 cm³/mol. The second kappa shape index (κ2) is 5.34. The summed E-state index contributed by atoms with van der Waals surface area (Å²) in [5.41, 5.74) is 5.85. The Kier molecular flexibility index (Phi) is 3.81. The summed E-state index contributed by atoms with van der Waals surface area (Å²) in [6, 6.07) is 1.57. The molecule has 0 saturated carbocycles. The van der Waals surface area contributed by atoms with Gasteiger partial charge >= 0.3 is 6.61 Å². The molecule has 5 nitrogen and oxygen atoms in total. The van der Waals surface area contributed by atoms with Crippen molar-refractivity contribution < 1.29 is 13.5 Å². The third kappa shape index (κ3) is 2.98. The van der Waals surface area contributed by atoms with Gasteiger partial charge in [-0.2, -0.15) is 8.78 Å². The quantitative estimate of drug-likeness (QED) is 0.877. The first-order chi connectivity index (χ1) is 8.56. The number of halogens is 2. The highest BCUT2D eigenvalue weighted by molar-refractivity contribution is 5.59. The van der Waals surface area contributed by atoms with Gasteiger partial charge in [0, 0.05) is 32.2 Å². The second-order valence-electron chi connectivity index (χ2n) is 4.25. The van der Waals surface area contributed by atoms with Crippen LogP contribution in [0.1, 0.15) is 0 Å². The van der Waals surface area contributed by atoms with E-state index in [1.807, 2.05) is 0 Å². The van der Waals surface area contributed by atoms with Crippen LogP contribution in [0.4, 0.5) is 20.3 Å². The fourth-order valence-corrected chi connectivity index (χ4v) is 1.85. The van der Waals surface area contributed by atoms with E-state index in [1.165, 1.54) is 6.20 Å². The van der Waals surface area contributed by atoms with Crippen LogP contribution >= 0.6 is 0 Å². The lowest BCUT2D eigenvalue weighted by molar-refractivity contribution is -0.0495. The first-order valence-electron chi connectivity index (χ1n) is 5.70. The number of hydrogen-bond acceptors (Lipinski definition) is 5. The molecule has 7 heteroatoms. The summed E-state index contributed by atoms with van der Waals surface area (Å²) in [5, 5.41) is 0. The van der Waals surface area contributed by atoms with Crippen LogP contribution in [0.15, 0.2) is 12.3 Å². The van der Waals surface area contributed by atoms with Crippen molar-refractivity contribution in [2.45, 2.75) is 6.61 Å². The summed E-state index contributed by atoms with van der Waals surface area (Å²) in [4.78, 5) is 8.40. The van der Waals surface area contributed by atoms with Crippen molar-refractivity contribution in [1.82, 2.24) is 9.88 Å². The average Bonchev–Trinajstić information content (AvgIpc) is 2.32. The molecule has 2 heterocycles. The molecule has 1 saturated heterocycles. The Hall–Kier alpha value is -1.63.